The zero-order valence-corrected chi connectivity index (χ0v) is 9.70. The minimum atomic E-state index is -0.278. The molecule has 1 rings (SSSR count). The second-order valence-corrected chi connectivity index (χ2v) is 4.39. The van der Waals surface area contributed by atoms with Gasteiger partial charge in [0, 0.05) is 4.83 Å². The number of halogens is 1. The van der Waals surface area contributed by atoms with Gasteiger partial charge < -0.3 is 5.73 Å². The molecule has 0 aliphatic rings. The molecule has 2 N–H and O–H groups in total. The highest BCUT2D eigenvalue weighted by Gasteiger charge is 2.24. The maximum absolute atomic E-state index is 11.3. The molecule has 0 spiro atoms. The molecule has 2 nitrogen and oxygen atoms in total. The van der Waals surface area contributed by atoms with E-state index in [1.165, 1.54) is 0 Å². The molecular weight excluding hydrogens is 242 g/mol. The summed E-state index contributed by atoms with van der Waals surface area (Å²) in [6.07, 6.45) is 0.877. The van der Waals surface area contributed by atoms with Crippen molar-refractivity contribution in [3.8, 4) is 0 Å². The van der Waals surface area contributed by atoms with Gasteiger partial charge in [-0.2, -0.15) is 0 Å². The highest BCUT2D eigenvalue weighted by molar-refractivity contribution is 9.09. The molecule has 0 radical (unpaired) electrons. The van der Waals surface area contributed by atoms with E-state index in [-0.39, 0.29) is 16.7 Å². The monoisotopic (exact) mass is 255 g/mol. The highest BCUT2D eigenvalue weighted by Crippen LogP contribution is 2.26. The Morgan fingerprint density at radius 2 is 2.00 bits per heavy atom. The van der Waals surface area contributed by atoms with Crippen LogP contribution in [-0.4, -0.2) is 10.7 Å². The maximum Gasteiger partial charge on any atom is 0.226 e. The summed E-state index contributed by atoms with van der Waals surface area (Å²) in [6.45, 7) is 2.03. The summed E-state index contributed by atoms with van der Waals surface area (Å²) < 4.78 is 0. The summed E-state index contributed by atoms with van der Waals surface area (Å²) in [5, 5.41) is 0. The Labute approximate surface area is 92.6 Å². The van der Waals surface area contributed by atoms with Gasteiger partial charge in [0.05, 0.1) is 5.92 Å². The molecular formula is C11H14BrNO. The molecule has 0 heterocycles. The number of rotatable bonds is 4. The van der Waals surface area contributed by atoms with Crippen LogP contribution in [0.1, 0.15) is 24.8 Å². The van der Waals surface area contributed by atoms with Gasteiger partial charge in [0.1, 0.15) is 0 Å². The third-order valence-electron chi connectivity index (χ3n) is 2.22. The van der Waals surface area contributed by atoms with Crippen molar-refractivity contribution in [1.29, 1.82) is 0 Å². The van der Waals surface area contributed by atoms with Gasteiger partial charge in [-0.3, -0.25) is 4.79 Å². The lowest BCUT2D eigenvalue weighted by atomic mass is 9.94. The number of carbonyl (C=O) groups is 1. The van der Waals surface area contributed by atoms with E-state index in [2.05, 4.69) is 15.9 Å². The van der Waals surface area contributed by atoms with Gasteiger partial charge in [-0.15, -0.1) is 0 Å². The Morgan fingerprint density at radius 1 is 1.43 bits per heavy atom. The van der Waals surface area contributed by atoms with Crippen molar-refractivity contribution in [3.05, 3.63) is 35.9 Å². The molecule has 1 aromatic rings. The first-order chi connectivity index (χ1) is 6.66. The lowest BCUT2D eigenvalue weighted by molar-refractivity contribution is -0.119. The van der Waals surface area contributed by atoms with Crippen molar-refractivity contribution >= 4 is 21.8 Å². The van der Waals surface area contributed by atoms with Gasteiger partial charge in [-0.25, -0.2) is 0 Å². The van der Waals surface area contributed by atoms with Crippen LogP contribution in [0.3, 0.4) is 0 Å². The third-order valence-corrected chi connectivity index (χ3v) is 3.39. The molecule has 1 aromatic carbocycles. The van der Waals surface area contributed by atoms with E-state index in [0.717, 1.165) is 12.0 Å². The normalized spacial score (nSPS) is 14.7. The second kappa shape index (κ2) is 5.15. The molecule has 0 fully saturated rings. The van der Waals surface area contributed by atoms with Crippen molar-refractivity contribution in [1.82, 2.24) is 0 Å². The molecule has 0 aromatic heterocycles. The number of benzene rings is 1. The van der Waals surface area contributed by atoms with Crippen LogP contribution >= 0.6 is 15.9 Å². The Kier molecular flexibility index (Phi) is 4.14. The third kappa shape index (κ3) is 2.58. The molecule has 3 heteroatoms. The van der Waals surface area contributed by atoms with E-state index in [4.69, 9.17) is 5.73 Å². The average molecular weight is 256 g/mol. The van der Waals surface area contributed by atoms with Crippen LogP contribution < -0.4 is 5.73 Å². The molecule has 0 saturated heterocycles. The summed E-state index contributed by atoms with van der Waals surface area (Å²) in [7, 11) is 0. The molecule has 0 saturated carbocycles. The number of primary amides is 1. The van der Waals surface area contributed by atoms with Crippen LogP contribution in [0.4, 0.5) is 0 Å². The first kappa shape index (κ1) is 11.2. The van der Waals surface area contributed by atoms with Crippen molar-refractivity contribution in [2.24, 2.45) is 5.73 Å². The zero-order chi connectivity index (χ0) is 10.6. The molecule has 76 valence electrons. The smallest absolute Gasteiger partial charge is 0.226 e. The standard InChI is InChI=1S/C11H14BrNO/c1-2-9(12)10(11(13)14)8-6-4-3-5-7-8/h3-7,9-10H,2H2,1H3,(H2,13,14). The van der Waals surface area contributed by atoms with Crippen LogP contribution in [0.5, 0.6) is 0 Å². The highest BCUT2D eigenvalue weighted by atomic mass is 79.9. The van der Waals surface area contributed by atoms with Gasteiger partial charge in [0.2, 0.25) is 5.91 Å². The van der Waals surface area contributed by atoms with E-state index in [1.807, 2.05) is 37.3 Å². The summed E-state index contributed by atoms with van der Waals surface area (Å²) in [5.41, 5.74) is 6.35. The van der Waals surface area contributed by atoms with Crippen LogP contribution in [0.2, 0.25) is 0 Å². The quantitative estimate of drug-likeness (QED) is 0.826. The number of alkyl halides is 1. The Morgan fingerprint density at radius 3 is 2.43 bits per heavy atom. The molecule has 1 amide bonds. The lowest BCUT2D eigenvalue weighted by Gasteiger charge is -2.18. The fraction of sp³-hybridized carbons (Fsp3) is 0.364. The fourth-order valence-corrected chi connectivity index (χ4v) is 2.01. The molecule has 2 atom stereocenters. The minimum Gasteiger partial charge on any atom is -0.369 e. The summed E-state index contributed by atoms with van der Waals surface area (Å²) in [6, 6.07) is 9.62. The van der Waals surface area contributed by atoms with E-state index in [0.29, 0.717) is 0 Å². The molecule has 14 heavy (non-hydrogen) atoms. The predicted molar refractivity (Wildman–Crippen MR) is 61.4 cm³/mol. The van der Waals surface area contributed by atoms with Gasteiger partial charge in [0.15, 0.2) is 0 Å². The molecule has 0 bridgehead atoms. The first-order valence-corrected chi connectivity index (χ1v) is 5.56. The summed E-state index contributed by atoms with van der Waals surface area (Å²) >= 11 is 3.48. The van der Waals surface area contributed by atoms with Crippen molar-refractivity contribution in [3.63, 3.8) is 0 Å². The second-order valence-electron chi connectivity index (χ2n) is 3.21. The van der Waals surface area contributed by atoms with Crippen molar-refractivity contribution in [2.75, 3.05) is 0 Å². The minimum absolute atomic E-state index is 0.113. The van der Waals surface area contributed by atoms with Gasteiger partial charge in [-0.1, -0.05) is 53.2 Å². The fourth-order valence-electron chi connectivity index (χ4n) is 1.45. The number of nitrogens with two attached hydrogens (primary N) is 1. The van der Waals surface area contributed by atoms with E-state index < -0.39 is 0 Å². The Bertz CT molecular complexity index is 299. The van der Waals surface area contributed by atoms with E-state index >= 15 is 0 Å². The summed E-state index contributed by atoms with van der Waals surface area (Å²) in [5.74, 6) is -0.513. The Balaban J connectivity index is 2.95. The SMILES string of the molecule is CCC(Br)C(C(N)=O)c1ccccc1. The van der Waals surface area contributed by atoms with Crippen LogP contribution in [0.15, 0.2) is 30.3 Å². The van der Waals surface area contributed by atoms with E-state index in [9.17, 15) is 4.79 Å². The first-order valence-electron chi connectivity index (χ1n) is 4.65. The van der Waals surface area contributed by atoms with Crippen LogP contribution in [-0.2, 0) is 4.79 Å². The molecule has 0 aliphatic heterocycles. The zero-order valence-electron chi connectivity index (χ0n) is 8.11. The number of amides is 1. The number of hydrogen-bond donors (Lipinski definition) is 1. The van der Waals surface area contributed by atoms with Crippen LogP contribution in [0.25, 0.3) is 0 Å². The van der Waals surface area contributed by atoms with Crippen molar-refractivity contribution in [2.45, 2.75) is 24.1 Å². The van der Waals surface area contributed by atoms with Gasteiger partial charge >= 0.3 is 0 Å². The van der Waals surface area contributed by atoms with Crippen molar-refractivity contribution < 1.29 is 4.79 Å². The van der Waals surface area contributed by atoms with Crippen LogP contribution in [0, 0.1) is 0 Å². The van der Waals surface area contributed by atoms with Gasteiger partial charge in [0.25, 0.3) is 0 Å². The average Bonchev–Trinajstić information content (AvgIpc) is 2.19. The topological polar surface area (TPSA) is 43.1 Å². The molecule has 2 unspecified atom stereocenters. The number of carbonyl (C=O) groups excluding carboxylic acids is 1. The lowest BCUT2D eigenvalue weighted by Crippen LogP contribution is -2.28. The maximum atomic E-state index is 11.3. The summed E-state index contributed by atoms with van der Waals surface area (Å²) in [4.78, 5) is 11.4. The van der Waals surface area contributed by atoms with E-state index in [1.54, 1.807) is 0 Å². The largest absolute Gasteiger partial charge is 0.369 e. The number of hydrogen-bond acceptors (Lipinski definition) is 1. The molecule has 0 aliphatic carbocycles. The predicted octanol–water partition coefficient (Wildman–Crippen LogP) is 2.43. The van der Waals surface area contributed by atoms with Gasteiger partial charge in [-0.05, 0) is 12.0 Å². The Hall–Kier alpha value is -0.830.